The van der Waals surface area contributed by atoms with Gasteiger partial charge < -0.3 is 10.2 Å². The first kappa shape index (κ1) is 16.5. The molecule has 1 N–H and O–H groups in total. The van der Waals surface area contributed by atoms with Crippen LogP contribution in [0.4, 0.5) is 17.1 Å². The summed E-state index contributed by atoms with van der Waals surface area (Å²) in [7, 11) is 2.01. The Hall–Kier alpha value is -2.89. The van der Waals surface area contributed by atoms with Crippen molar-refractivity contribution in [2.45, 2.75) is 6.42 Å². The Balaban J connectivity index is 1.89. The van der Waals surface area contributed by atoms with Gasteiger partial charge in [0.05, 0.1) is 4.92 Å². The summed E-state index contributed by atoms with van der Waals surface area (Å²) in [6.45, 7) is 1.44. The summed E-state index contributed by atoms with van der Waals surface area (Å²) in [5, 5.41) is 14.1. The summed E-state index contributed by atoms with van der Waals surface area (Å²) in [5.41, 5.74) is 1.79. The zero-order valence-electron chi connectivity index (χ0n) is 12.9. The number of rotatable bonds is 8. The van der Waals surface area contributed by atoms with Gasteiger partial charge in [-0.25, -0.2) is 0 Å². The predicted molar refractivity (Wildman–Crippen MR) is 91.3 cm³/mol. The first-order valence-corrected chi connectivity index (χ1v) is 7.35. The third-order valence-corrected chi connectivity index (χ3v) is 3.54. The maximum Gasteiger partial charge on any atom is 0.293 e. The third-order valence-electron chi connectivity index (χ3n) is 3.54. The van der Waals surface area contributed by atoms with E-state index in [9.17, 15) is 14.9 Å². The van der Waals surface area contributed by atoms with Gasteiger partial charge in [0, 0.05) is 37.5 Å². The van der Waals surface area contributed by atoms with Crippen LogP contribution in [0.1, 0.15) is 16.8 Å². The second-order valence-electron chi connectivity index (χ2n) is 5.19. The molecule has 0 amide bonds. The molecule has 0 radical (unpaired) electrons. The standard InChI is InChI=1S/C17H19N3O3/c1-19(15-6-3-2-4-7-15)11-5-10-18-16-9-8-14(13-21)12-17(16)20(22)23/h2-4,6-9,12-13,18H,5,10-11H2,1H3. The molecule has 0 spiro atoms. The number of nitrogens with one attached hydrogen (secondary N) is 1. The Labute approximate surface area is 134 Å². The van der Waals surface area contributed by atoms with Crippen LogP contribution in [0.3, 0.4) is 0 Å². The maximum absolute atomic E-state index is 11.1. The predicted octanol–water partition coefficient (Wildman–Crippen LogP) is 3.35. The van der Waals surface area contributed by atoms with E-state index >= 15 is 0 Å². The van der Waals surface area contributed by atoms with Crippen molar-refractivity contribution in [1.29, 1.82) is 0 Å². The van der Waals surface area contributed by atoms with E-state index < -0.39 is 4.92 Å². The van der Waals surface area contributed by atoms with E-state index in [1.807, 2.05) is 37.4 Å². The summed E-state index contributed by atoms with van der Waals surface area (Å²) in [5.74, 6) is 0. The SMILES string of the molecule is CN(CCCNc1ccc(C=O)cc1[N+](=O)[O-])c1ccccc1. The van der Waals surface area contributed by atoms with Crippen LogP contribution in [-0.2, 0) is 0 Å². The number of hydrogen-bond acceptors (Lipinski definition) is 5. The van der Waals surface area contributed by atoms with Gasteiger partial charge in [-0.1, -0.05) is 18.2 Å². The third kappa shape index (κ3) is 4.54. The number of hydrogen-bond donors (Lipinski definition) is 1. The number of nitro groups is 1. The van der Waals surface area contributed by atoms with Gasteiger partial charge >= 0.3 is 0 Å². The average molecular weight is 313 g/mol. The van der Waals surface area contributed by atoms with Crippen LogP contribution < -0.4 is 10.2 Å². The number of anilines is 2. The summed E-state index contributed by atoms with van der Waals surface area (Å²) in [6, 6.07) is 14.4. The number of nitro benzene ring substituents is 1. The van der Waals surface area contributed by atoms with E-state index in [1.165, 1.54) is 6.07 Å². The number of carbonyl (C=O) groups is 1. The fourth-order valence-corrected chi connectivity index (χ4v) is 2.27. The molecule has 0 unspecified atom stereocenters. The van der Waals surface area contributed by atoms with Crippen molar-refractivity contribution in [1.82, 2.24) is 0 Å². The van der Waals surface area contributed by atoms with Crippen molar-refractivity contribution in [3.8, 4) is 0 Å². The second kappa shape index (κ2) is 7.93. The smallest absolute Gasteiger partial charge is 0.293 e. The average Bonchev–Trinajstić information content (AvgIpc) is 2.59. The van der Waals surface area contributed by atoms with Crippen molar-refractivity contribution in [2.75, 3.05) is 30.4 Å². The van der Waals surface area contributed by atoms with Crippen molar-refractivity contribution >= 4 is 23.3 Å². The first-order chi connectivity index (χ1) is 11.1. The summed E-state index contributed by atoms with van der Waals surface area (Å²) >= 11 is 0. The Morgan fingerprint density at radius 2 is 1.96 bits per heavy atom. The summed E-state index contributed by atoms with van der Waals surface area (Å²) in [4.78, 5) is 23.4. The van der Waals surface area contributed by atoms with E-state index in [1.54, 1.807) is 12.1 Å². The quantitative estimate of drug-likeness (QED) is 0.350. The molecule has 2 aromatic rings. The van der Waals surface area contributed by atoms with E-state index in [4.69, 9.17) is 0 Å². The zero-order chi connectivity index (χ0) is 16.7. The molecule has 6 nitrogen and oxygen atoms in total. The lowest BCUT2D eigenvalue weighted by atomic mass is 10.2. The van der Waals surface area contributed by atoms with Crippen LogP contribution in [0.15, 0.2) is 48.5 Å². The molecule has 120 valence electrons. The van der Waals surface area contributed by atoms with Crippen LogP contribution in [-0.4, -0.2) is 31.3 Å². The van der Waals surface area contributed by atoms with Crippen LogP contribution in [0.5, 0.6) is 0 Å². The maximum atomic E-state index is 11.1. The molecule has 2 rings (SSSR count). The van der Waals surface area contributed by atoms with E-state index in [2.05, 4.69) is 10.2 Å². The van der Waals surface area contributed by atoms with Gasteiger partial charge in [-0.2, -0.15) is 0 Å². The van der Waals surface area contributed by atoms with Gasteiger partial charge in [0.15, 0.2) is 0 Å². The van der Waals surface area contributed by atoms with Gasteiger partial charge in [-0.15, -0.1) is 0 Å². The highest BCUT2D eigenvalue weighted by Crippen LogP contribution is 2.25. The van der Waals surface area contributed by atoms with Crippen molar-refractivity contribution in [3.05, 3.63) is 64.2 Å². The van der Waals surface area contributed by atoms with Crippen molar-refractivity contribution in [3.63, 3.8) is 0 Å². The minimum absolute atomic E-state index is 0.0778. The first-order valence-electron chi connectivity index (χ1n) is 7.35. The number of aldehydes is 1. The van der Waals surface area contributed by atoms with E-state index in [0.717, 1.165) is 18.7 Å². The van der Waals surface area contributed by atoms with Crippen molar-refractivity contribution in [2.24, 2.45) is 0 Å². The Morgan fingerprint density at radius 3 is 2.61 bits per heavy atom. The van der Waals surface area contributed by atoms with Gasteiger partial charge in [-0.05, 0) is 30.7 Å². The van der Waals surface area contributed by atoms with Crippen LogP contribution >= 0.6 is 0 Å². The number of para-hydroxylation sites is 1. The number of carbonyl (C=O) groups excluding carboxylic acids is 1. The molecule has 0 aromatic heterocycles. The minimum Gasteiger partial charge on any atom is -0.379 e. The van der Waals surface area contributed by atoms with E-state index in [-0.39, 0.29) is 5.69 Å². The highest BCUT2D eigenvalue weighted by atomic mass is 16.6. The molecule has 0 bridgehead atoms. The lowest BCUT2D eigenvalue weighted by Crippen LogP contribution is -2.20. The van der Waals surface area contributed by atoms with E-state index in [0.29, 0.717) is 24.1 Å². The summed E-state index contributed by atoms with van der Waals surface area (Å²) < 4.78 is 0. The molecule has 0 fully saturated rings. The molecule has 0 saturated heterocycles. The fraction of sp³-hybridized carbons (Fsp3) is 0.235. The molecule has 0 heterocycles. The molecule has 0 saturated carbocycles. The topological polar surface area (TPSA) is 75.5 Å². The molecular weight excluding hydrogens is 294 g/mol. The highest BCUT2D eigenvalue weighted by molar-refractivity contribution is 5.79. The van der Waals surface area contributed by atoms with Crippen LogP contribution in [0.25, 0.3) is 0 Å². The molecule has 6 heteroatoms. The lowest BCUT2D eigenvalue weighted by Gasteiger charge is -2.19. The van der Waals surface area contributed by atoms with Crippen LogP contribution in [0, 0.1) is 10.1 Å². The van der Waals surface area contributed by atoms with Gasteiger partial charge in [0.2, 0.25) is 0 Å². The van der Waals surface area contributed by atoms with Gasteiger partial charge in [0.1, 0.15) is 12.0 Å². The highest BCUT2D eigenvalue weighted by Gasteiger charge is 2.14. The fourth-order valence-electron chi connectivity index (χ4n) is 2.27. The largest absolute Gasteiger partial charge is 0.379 e. The molecule has 0 aliphatic heterocycles. The zero-order valence-corrected chi connectivity index (χ0v) is 12.9. The monoisotopic (exact) mass is 313 g/mol. The Bertz CT molecular complexity index is 674. The normalized spacial score (nSPS) is 10.1. The molecule has 23 heavy (non-hydrogen) atoms. The summed E-state index contributed by atoms with van der Waals surface area (Å²) in [6.07, 6.45) is 1.43. The minimum atomic E-state index is -0.481. The lowest BCUT2D eigenvalue weighted by molar-refractivity contribution is -0.384. The molecule has 0 aliphatic rings. The van der Waals surface area contributed by atoms with Gasteiger partial charge in [0.25, 0.3) is 5.69 Å². The molecule has 2 aromatic carbocycles. The molecule has 0 aliphatic carbocycles. The number of nitrogens with zero attached hydrogens (tertiary/aromatic N) is 2. The van der Waals surface area contributed by atoms with Crippen molar-refractivity contribution < 1.29 is 9.72 Å². The number of benzene rings is 2. The second-order valence-corrected chi connectivity index (χ2v) is 5.19. The molecular formula is C17H19N3O3. The van der Waals surface area contributed by atoms with Crippen LogP contribution in [0.2, 0.25) is 0 Å². The Kier molecular flexibility index (Phi) is 5.68. The van der Waals surface area contributed by atoms with Gasteiger partial charge in [-0.3, -0.25) is 14.9 Å². The molecule has 0 atom stereocenters. The Morgan fingerprint density at radius 1 is 1.22 bits per heavy atom.